The van der Waals surface area contributed by atoms with Gasteiger partial charge in [0.1, 0.15) is 0 Å². The first kappa shape index (κ1) is 24.0. The Labute approximate surface area is 215 Å². The molecule has 0 heterocycles. The van der Waals surface area contributed by atoms with Crippen LogP contribution < -0.4 is 0 Å². The average molecular weight is 472 g/mol. The van der Waals surface area contributed by atoms with Gasteiger partial charge in [-0.2, -0.15) is 0 Å². The highest BCUT2D eigenvalue weighted by molar-refractivity contribution is 6.14. The van der Waals surface area contributed by atoms with Gasteiger partial charge in [-0.3, -0.25) is 4.79 Å². The number of hydrogen-bond donors (Lipinski definition) is 0. The molecular formula is C35H35O+. The van der Waals surface area contributed by atoms with Crippen molar-refractivity contribution in [3.63, 3.8) is 0 Å². The van der Waals surface area contributed by atoms with Crippen molar-refractivity contribution in [2.75, 3.05) is 0 Å². The van der Waals surface area contributed by atoms with Gasteiger partial charge in [-0.05, 0) is 67.5 Å². The molecular weight excluding hydrogens is 436 g/mol. The van der Waals surface area contributed by atoms with E-state index in [0.29, 0.717) is 5.78 Å². The minimum absolute atomic E-state index is 0.202. The van der Waals surface area contributed by atoms with E-state index in [9.17, 15) is 4.79 Å². The van der Waals surface area contributed by atoms with Gasteiger partial charge in [0.25, 0.3) is 0 Å². The van der Waals surface area contributed by atoms with E-state index in [0.717, 1.165) is 16.7 Å². The van der Waals surface area contributed by atoms with Gasteiger partial charge in [0.2, 0.25) is 0 Å². The fourth-order valence-electron chi connectivity index (χ4n) is 5.24. The number of rotatable bonds is 2. The molecule has 1 nitrogen and oxygen atoms in total. The number of ketones is 1. The molecule has 0 radical (unpaired) electrons. The van der Waals surface area contributed by atoms with Crippen LogP contribution in [0, 0.1) is 10.8 Å². The fraction of sp³-hybridized carbons (Fsp3) is 0.229. The Morgan fingerprint density at radius 3 is 1.36 bits per heavy atom. The van der Waals surface area contributed by atoms with E-state index < -0.39 is 0 Å². The smallest absolute Gasteiger partial charge is 0.273 e. The summed E-state index contributed by atoms with van der Waals surface area (Å²) in [7, 11) is 0. The van der Waals surface area contributed by atoms with E-state index in [1.54, 1.807) is 0 Å². The average Bonchev–Trinajstić information content (AvgIpc) is 3.18. The number of fused-ring (bicyclic) bond motifs is 2. The van der Waals surface area contributed by atoms with Crippen LogP contribution in [0.25, 0.3) is 27.8 Å². The third kappa shape index (κ3) is 4.24. The first-order chi connectivity index (χ1) is 17.1. The van der Waals surface area contributed by atoms with Crippen LogP contribution in [0.4, 0.5) is 0 Å². The molecule has 0 aliphatic heterocycles. The monoisotopic (exact) mass is 471 g/mol. The number of hydrogen-bond acceptors (Lipinski definition) is 0. The molecule has 0 fully saturated rings. The van der Waals surface area contributed by atoms with Gasteiger partial charge in [-0.1, -0.05) is 126 Å². The lowest BCUT2D eigenvalue weighted by molar-refractivity contribution is 0.486. The topological polar surface area (TPSA) is 21.4 Å². The second kappa shape index (κ2) is 8.75. The summed E-state index contributed by atoms with van der Waals surface area (Å²) in [5.74, 6) is 0.413. The van der Waals surface area contributed by atoms with Gasteiger partial charge >= 0.3 is 5.78 Å². The zero-order chi connectivity index (χ0) is 25.7. The Hall–Kier alpha value is -3.71. The van der Waals surface area contributed by atoms with Crippen molar-refractivity contribution in [3.8, 4) is 22.3 Å². The molecule has 0 saturated heterocycles. The summed E-state index contributed by atoms with van der Waals surface area (Å²) < 4.78 is 0. The van der Waals surface area contributed by atoms with Crippen molar-refractivity contribution in [2.24, 2.45) is 10.8 Å². The van der Waals surface area contributed by atoms with Crippen molar-refractivity contribution < 1.29 is 4.79 Å². The predicted octanol–water partition coefficient (Wildman–Crippen LogP) is 9.20. The third-order valence-electron chi connectivity index (χ3n) is 7.14. The van der Waals surface area contributed by atoms with Crippen LogP contribution >= 0.6 is 0 Å². The highest BCUT2D eigenvalue weighted by atomic mass is 16.1. The highest BCUT2D eigenvalue weighted by Gasteiger charge is 2.39. The molecule has 0 aromatic heterocycles. The molecule has 0 aromatic rings. The first-order valence-corrected chi connectivity index (χ1v) is 12.8. The van der Waals surface area contributed by atoms with E-state index in [4.69, 9.17) is 0 Å². The fourth-order valence-corrected chi connectivity index (χ4v) is 5.24. The second-order valence-corrected chi connectivity index (χ2v) is 11.8. The zero-order valence-electron chi connectivity index (χ0n) is 22.2. The minimum atomic E-state index is -0.202. The molecule has 0 saturated carbocycles. The quantitative estimate of drug-likeness (QED) is 0.260. The first-order valence-electron chi connectivity index (χ1n) is 12.8. The maximum Gasteiger partial charge on any atom is 0.347 e. The Morgan fingerprint density at radius 2 is 0.944 bits per heavy atom. The van der Waals surface area contributed by atoms with Crippen molar-refractivity contribution in [1.29, 1.82) is 0 Å². The van der Waals surface area contributed by atoms with Crippen LogP contribution in [-0.2, 0) is 0 Å². The summed E-state index contributed by atoms with van der Waals surface area (Å²) in [5, 5.41) is 0. The van der Waals surface area contributed by atoms with Gasteiger partial charge in [-0.25, -0.2) is 0 Å². The largest absolute Gasteiger partial charge is 0.347 e. The van der Waals surface area contributed by atoms with Gasteiger partial charge in [0, 0.05) is 0 Å². The highest BCUT2D eigenvalue weighted by Crippen LogP contribution is 2.46. The molecule has 36 heavy (non-hydrogen) atoms. The molecule has 180 valence electrons. The Bertz CT molecular complexity index is 1380. The number of allylic oxidation sites excluding steroid dienone is 5. The maximum absolute atomic E-state index is 11.4. The van der Waals surface area contributed by atoms with E-state index in [2.05, 4.69) is 139 Å². The normalized spacial score (nSPS) is 14.7. The SMILES string of the molecule is CC(C)(C)C1=CC(=C(c2ccc3cccccc2-3)c2ccc3cccccc2-3)C=C(C(C)(C)C)C1=[OH+]. The molecule has 0 spiro atoms. The molecule has 1 N–H and O–H groups in total. The molecule has 0 unspecified atom stereocenters. The van der Waals surface area contributed by atoms with Crippen molar-refractivity contribution >= 4 is 11.4 Å². The van der Waals surface area contributed by atoms with Crippen LogP contribution in [-0.4, -0.2) is 10.6 Å². The Balaban J connectivity index is 1.91. The van der Waals surface area contributed by atoms with Gasteiger partial charge in [-0.15, -0.1) is 0 Å². The molecule has 5 aliphatic carbocycles. The summed E-state index contributed by atoms with van der Waals surface area (Å²) in [6, 6.07) is 30.3. The predicted molar refractivity (Wildman–Crippen MR) is 154 cm³/mol. The lowest BCUT2D eigenvalue weighted by Crippen LogP contribution is -2.28. The van der Waals surface area contributed by atoms with Crippen LogP contribution in [0.5, 0.6) is 0 Å². The standard InChI is InChI=1S/C35H34O/c1-34(2,3)30-21-25(22-31(33(30)36)35(4,5)6)32(28-19-17-23-13-9-7-11-15-26(23)28)29-20-18-24-14-10-8-12-16-27(24)29/h7-22H,1-6H3/p+1. The summed E-state index contributed by atoms with van der Waals surface area (Å²) >= 11 is 0. The van der Waals surface area contributed by atoms with E-state index >= 15 is 0 Å². The third-order valence-corrected chi connectivity index (χ3v) is 7.14. The second-order valence-electron chi connectivity index (χ2n) is 11.8. The Morgan fingerprint density at radius 1 is 0.528 bits per heavy atom. The summed E-state index contributed by atoms with van der Waals surface area (Å²) in [4.78, 5) is 11.4. The molecule has 0 bridgehead atoms. The summed E-state index contributed by atoms with van der Waals surface area (Å²) in [6.45, 7) is 13.0. The summed E-state index contributed by atoms with van der Waals surface area (Å²) in [5.41, 5.74) is 11.2. The minimum Gasteiger partial charge on any atom is -0.273 e. The molecule has 5 rings (SSSR count). The van der Waals surface area contributed by atoms with Crippen LogP contribution in [0.2, 0.25) is 0 Å². The van der Waals surface area contributed by atoms with Crippen molar-refractivity contribution in [2.45, 2.75) is 41.5 Å². The van der Waals surface area contributed by atoms with Crippen LogP contribution in [0.15, 0.2) is 114 Å². The van der Waals surface area contributed by atoms with E-state index in [-0.39, 0.29) is 10.8 Å². The lowest BCUT2D eigenvalue weighted by atomic mass is 9.71. The zero-order valence-corrected chi connectivity index (χ0v) is 22.2. The number of carbonyl (C=O) groups excluding carboxylic acids is 1. The molecule has 0 atom stereocenters. The Kier molecular flexibility index (Phi) is 5.83. The van der Waals surface area contributed by atoms with Gasteiger partial charge in [0.05, 0.1) is 11.1 Å². The van der Waals surface area contributed by atoms with Crippen LogP contribution in [0.1, 0.15) is 52.7 Å². The van der Waals surface area contributed by atoms with Gasteiger partial charge in [0.15, 0.2) is 0 Å². The van der Waals surface area contributed by atoms with Gasteiger partial charge < -0.3 is 0 Å². The summed E-state index contributed by atoms with van der Waals surface area (Å²) in [6.07, 6.45) is 4.42. The van der Waals surface area contributed by atoms with Crippen molar-refractivity contribution in [3.05, 3.63) is 125 Å². The molecule has 0 aromatic carbocycles. The van der Waals surface area contributed by atoms with Crippen molar-refractivity contribution in [1.82, 2.24) is 0 Å². The van der Waals surface area contributed by atoms with Crippen LogP contribution in [0.3, 0.4) is 0 Å². The molecule has 0 amide bonds. The molecule has 1 heteroatoms. The maximum atomic E-state index is 11.4. The van der Waals surface area contributed by atoms with E-state index in [1.807, 2.05) is 0 Å². The lowest BCUT2D eigenvalue weighted by Gasteiger charge is -2.29. The van der Waals surface area contributed by atoms with E-state index in [1.165, 1.54) is 39.0 Å². The molecule has 5 aliphatic rings.